The monoisotopic (exact) mass is 260 g/mol. The standard InChI is InChI=1S/C17H28N2/c1-15-8-4-5-9-16(15)12-19(2)14-17(13-18)10-6-3-7-11-17/h4-5,8-9H,3,6-7,10-14,18H2,1-2H3. The van der Waals surface area contributed by atoms with E-state index in [2.05, 4.69) is 43.1 Å². The Labute approximate surface area is 118 Å². The van der Waals surface area contributed by atoms with E-state index in [0.29, 0.717) is 5.41 Å². The van der Waals surface area contributed by atoms with E-state index in [4.69, 9.17) is 5.73 Å². The molecule has 19 heavy (non-hydrogen) atoms. The van der Waals surface area contributed by atoms with Crippen molar-refractivity contribution in [2.75, 3.05) is 20.1 Å². The van der Waals surface area contributed by atoms with Gasteiger partial charge < -0.3 is 10.6 Å². The minimum atomic E-state index is 0.371. The Kier molecular flexibility index (Phi) is 5.00. The van der Waals surface area contributed by atoms with Crippen LogP contribution in [0.15, 0.2) is 24.3 Å². The molecule has 2 rings (SSSR count). The SMILES string of the molecule is Cc1ccccc1CN(C)CC1(CN)CCCCC1. The second-order valence-electron chi connectivity index (χ2n) is 6.36. The van der Waals surface area contributed by atoms with Crippen LogP contribution < -0.4 is 5.73 Å². The van der Waals surface area contributed by atoms with Gasteiger partial charge in [0, 0.05) is 13.1 Å². The van der Waals surface area contributed by atoms with Gasteiger partial charge in [-0.15, -0.1) is 0 Å². The largest absolute Gasteiger partial charge is 0.330 e. The number of hydrogen-bond donors (Lipinski definition) is 1. The number of benzene rings is 1. The van der Waals surface area contributed by atoms with Crippen LogP contribution in [0.3, 0.4) is 0 Å². The summed E-state index contributed by atoms with van der Waals surface area (Å²) in [5.41, 5.74) is 9.28. The van der Waals surface area contributed by atoms with E-state index in [9.17, 15) is 0 Å². The van der Waals surface area contributed by atoms with Crippen LogP contribution in [0.5, 0.6) is 0 Å². The highest BCUT2D eigenvalue weighted by Gasteiger charge is 2.31. The minimum Gasteiger partial charge on any atom is -0.330 e. The highest BCUT2D eigenvalue weighted by atomic mass is 15.1. The first-order valence-electron chi connectivity index (χ1n) is 7.58. The summed E-state index contributed by atoms with van der Waals surface area (Å²) in [7, 11) is 2.23. The fourth-order valence-electron chi connectivity index (χ4n) is 3.44. The number of nitrogens with two attached hydrogens (primary N) is 1. The van der Waals surface area contributed by atoms with Crippen molar-refractivity contribution in [3.8, 4) is 0 Å². The third-order valence-electron chi connectivity index (χ3n) is 4.65. The average Bonchev–Trinajstić information content (AvgIpc) is 2.42. The summed E-state index contributed by atoms with van der Waals surface area (Å²) in [4.78, 5) is 2.46. The summed E-state index contributed by atoms with van der Waals surface area (Å²) in [6.07, 6.45) is 6.72. The predicted molar refractivity (Wildman–Crippen MR) is 82.1 cm³/mol. The number of hydrogen-bond acceptors (Lipinski definition) is 2. The molecule has 1 fully saturated rings. The van der Waals surface area contributed by atoms with E-state index in [1.807, 2.05) is 0 Å². The van der Waals surface area contributed by atoms with Gasteiger partial charge in [0.15, 0.2) is 0 Å². The molecule has 1 aliphatic rings. The van der Waals surface area contributed by atoms with Crippen LogP contribution in [0.4, 0.5) is 0 Å². The van der Waals surface area contributed by atoms with Gasteiger partial charge in [-0.3, -0.25) is 0 Å². The number of aryl methyl sites for hydroxylation is 1. The molecule has 0 spiro atoms. The Hall–Kier alpha value is -0.860. The van der Waals surface area contributed by atoms with Gasteiger partial charge in [-0.2, -0.15) is 0 Å². The normalized spacial score (nSPS) is 18.7. The first-order valence-corrected chi connectivity index (χ1v) is 7.58. The third-order valence-corrected chi connectivity index (χ3v) is 4.65. The van der Waals surface area contributed by atoms with Crippen LogP contribution in [0, 0.1) is 12.3 Å². The summed E-state index contributed by atoms with van der Waals surface area (Å²) in [5, 5.41) is 0. The van der Waals surface area contributed by atoms with Crippen molar-refractivity contribution in [1.29, 1.82) is 0 Å². The van der Waals surface area contributed by atoms with Crippen LogP contribution in [-0.4, -0.2) is 25.0 Å². The van der Waals surface area contributed by atoms with Crippen LogP contribution in [0.2, 0.25) is 0 Å². The maximum absolute atomic E-state index is 6.08. The van der Waals surface area contributed by atoms with E-state index in [1.165, 1.54) is 43.2 Å². The van der Waals surface area contributed by atoms with E-state index >= 15 is 0 Å². The minimum absolute atomic E-state index is 0.371. The summed E-state index contributed by atoms with van der Waals surface area (Å²) in [5.74, 6) is 0. The molecule has 0 aliphatic heterocycles. The number of rotatable bonds is 5. The van der Waals surface area contributed by atoms with Gasteiger partial charge in [-0.05, 0) is 49.9 Å². The first kappa shape index (κ1) is 14.5. The van der Waals surface area contributed by atoms with Crippen LogP contribution >= 0.6 is 0 Å². The summed E-state index contributed by atoms with van der Waals surface area (Å²) < 4.78 is 0. The Balaban J connectivity index is 1.96. The lowest BCUT2D eigenvalue weighted by molar-refractivity contribution is 0.124. The second-order valence-corrected chi connectivity index (χ2v) is 6.36. The molecular weight excluding hydrogens is 232 g/mol. The van der Waals surface area contributed by atoms with Gasteiger partial charge in [0.2, 0.25) is 0 Å². The molecule has 0 unspecified atom stereocenters. The molecule has 0 aromatic heterocycles. The van der Waals surface area contributed by atoms with Gasteiger partial charge in [0.1, 0.15) is 0 Å². The van der Waals surface area contributed by atoms with E-state index in [1.54, 1.807) is 0 Å². The van der Waals surface area contributed by atoms with Crippen molar-refractivity contribution in [1.82, 2.24) is 4.90 Å². The molecule has 0 bridgehead atoms. The molecule has 0 atom stereocenters. The van der Waals surface area contributed by atoms with Crippen molar-refractivity contribution in [2.45, 2.75) is 45.6 Å². The highest BCUT2D eigenvalue weighted by molar-refractivity contribution is 5.25. The van der Waals surface area contributed by atoms with Gasteiger partial charge in [-0.25, -0.2) is 0 Å². The number of nitrogens with zero attached hydrogens (tertiary/aromatic N) is 1. The Bertz CT molecular complexity index is 394. The molecule has 106 valence electrons. The quantitative estimate of drug-likeness (QED) is 0.880. The average molecular weight is 260 g/mol. The van der Waals surface area contributed by atoms with Crippen molar-refractivity contribution < 1.29 is 0 Å². The lowest BCUT2D eigenvalue weighted by Crippen LogP contribution is -2.42. The molecular formula is C17H28N2. The molecule has 2 heteroatoms. The molecule has 2 N–H and O–H groups in total. The van der Waals surface area contributed by atoms with Gasteiger partial charge in [-0.1, -0.05) is 43.5 Å². The zero-order chi connectivity index (χ0) is 13.7. The van der Waals surface area contributed by atoms with Crippen molar-refractivity contribution in [2.24, 2.45) is 11.1 Å². The van der Waals surface area contributed by atoms with E-state index in [0.717, 1.165) is 19.6 Å². The first-order chi connectivity index (χ1) is 9.15. The van der Waals surface area contributed by atoms with Crippen molar-refractivity contribution in [3.05, 3.63) is 35.4 Å². The molecule has 1 aromatic carbocycles. The van der Waals surface area contributed by atoms with Gasteiger partial charge in [0.25, 0.3) is 0 Å². The van der Waals surface area contributed by atoms with E-state index < -0.39 is 0 Å². The maximum Gasteiger partial charge on any atom is 0.0233 e. The maximum atomic E-state index is 6.08. The smallest absolute Gasteiger partial charge is 0.0233 e. The molecule has 1 aromatic rings. The molecule has 0 heterocycles. The Morgan fingerprint density at radius 2 is 1.84 bits per heavy atom. The fraction of sp³-hybridized carbons (Fsp3) is 0.647. The second kappa shape index (κ2) is 6.53. The van der Waals surface area contributed by atoms with Crippen molar-refractivity contribution >= 4 is 0 Å². The zero-order valence-electron chi connectivity index (χ0n) is 12.5. The fourth-order valence-corrected chi connectivity index (χ4v) is 3.44. The third kappa shape index (κ3) is 3.80. The molecule has 1 aliphatic carbocycles. The van der Waals surface area contributed by atoms with Crippen LogP contribution in [0.1, 0.15) is 43.2 Å². The molecule has 0 saturated heterocycles. The summed E-state index contributed by atoms with van der Waals surface area (Å²) in [6.45, 7) is 5.21. The summed E-state index contributed by atoms with van der Waals surface area (Å²) >= 11 is 0. The molecule has 1 saturated carbocycles. The Morgan fingerprint density at radius 3 is 2.47 bits per heavy atom. The summed E-state index contributed by atoms with van der Waals surface area (Å²) in [6, 6.07) is 8.68. The van der Waals surface area contributed by atoms with Crippen molar-refractivity contribution in [3.63, 3.8) is 0 Å². The molecule has 2 nitrogen and oxygen atoms in total. The van der Waals surface area contributed by atoms with Crippen LogP contribution in [0.25, 0.3) is 0 Å². The highest BCUT2D eigenvalue weighted by Crippen LogP contribution is 2.36. The lowest BCUT2D eigenvalue weighted by atomic mass is 9.73. The predicted octanol–water partition coefficient (Wildman–Crippen LogP) is 3.34. The van der Waals surface area contributed by atoms with Crippen LogP contribution in [-0.2, 0) is 6.54 Å². The van der Waals surface area contributed by atoms with Gasteiger partial charge in [0.05, 0.1) is 0 Å². The topological polar surface area (TPSA) is 29.3 Å². The molecule has 0 amide bonds. The Morgan fingerprint density at radius 1 is 1.16 bits per heavy atom. The van der Waals surface area contributed by atoms with Gasteiger partial charge >= 0.3 is 0 Å². The zero-order valence-corrected chi connectivity index (χ0v) is 12.5. The van der Waals surface area contributed by atoms with E-state index in [-0.39, 0.29) is 0 Å². The molecule has 0 radical (unpaired) electrons. The lowest BCUT2D eigenvalue weighted by Gasteiger charge is -2.39.